The number of halogens is 1. The molecule has 5 nitrogen and oxygen atoms in total. The van der Waals surface area contributed by atoms with Crippen molar-refractivity contribution in [1.29, 1.82) is 0 Å². The van der Waals surface area contributed by atoms with Crippen LogP contribution in [0.1, 0.15) is 6.92 Å². The van der Waals surface area contributed by atoms with E-state index in [4.69, 9.17) is 5.11 Å². The van der Waals surface area contributed by atoms with E-state index in [1.54, 1.807) is 24.3 Å². The van der Waals surface area contributed by atoms with Crippen LogP contribution < -0.4 is 4.31 Å². The Balaban J connectivity index is 3.30. The molecule has 94 valence electrons. The number of benzene rings is 1. The highest BCUT2D eigenvalue weighted by Crippen LogP contribution is 2.24. The third-order valence-corrected chi connectivity index (χ3v) is 3.86. The summed E-state index contributed by atoms with van der Waals surface area (Å²) < 4.78 is 24.8. The lowest BCUT2D eigenvalue weighted by atomic mass is 10.2. The van der Waals surface area contributed by atoms with Crippen LogP contribution in [0.5, 0.6) is 0 Å². The fourth-order valence-corrected chi connectivity index (χ4v) is 2.96. The fraction of sp³-hybridized carbons (Fsp3) is 0.300. The van der Waals surface area contributed by atoms with E-state index in [0.717, 1.165) is 10.6 Å². The second-order valence-electron chi connectivity index (χ2n) is 3.55. The van der Waals surface area contributed by atoms with Crippen LogP contribution >= 0.6 is 15.9 Å². The van der Waals surface area contributed by atoms with E-state index in [1.807, 2.05) is 0 Å². The van der Waals surface area contributed by atoms with Crippen molar-refractivity contribution in [3.05, 3.63) is 28.7 Å². The number of rotatable bonds is 4. The molecule has 0 radical (unpaired) electrons. The summed E-state index contributed by atoms with van der Waals surface area (Å²) in [4.78, 5) is 10.9. The van der Waals surface area contributed by atoms with E-state index in [1.165, 1.54) is 6.92 Å². The Morgan fingerprint density at radius 1 is 1.47 bits per heavy atom. The van der Waals surface area contributed by atoms with Crippen molar-refractivity contribution in [1.82, 2.24) is 0 Å². The van der Waals surface area contributed by atoms with Gasteiger partial charge in [0, 0.05) is 4.47 Å². The molecular formula is C10H12BrNO4S. The molecule has 0 aliphatic heterocycles. The van der Waals surface area contributed by atoms with Crippen LogP contribution in [0.2, 0.25) is 0 Å². The zero-order valence-electron chi connectivity index (χ0n) is 9.29. The van der Waals surface area contributed by atoms with Crippen LogP contribution in [0, 0.1) is 0 Å². The number of sulfonamides is 1. The zero-order chi connectivity index (χ0) is 13.2. The van der Waals surface area contributed by atoms with E-state index in [-0.39, 0.29) is 0 Å². The minimum absolute atomic E-state index is 0.316. The van der Waals surface area contributed by atoms with E-state index >= 15 is 0 Å². The maximum absolute atomic E-state index is 11.6. The zero-order valence-corrected chi connectivity index (χ0v) is 11.7. The summed E-state index contributed by atoms with van der Waals surface area (Å²) >= 11 is 3.21. The monoisotopic (exact) mass is 321 g/mol. The highest BCUT2D eigenvalue weighted by atomic mass is 79.9. The molecule has 1 rings (SSSR count). The average molecular weight is 322 g/mol. The van der Waals surface area contributed by atoms with Crippen LogP contribution in [0.25, 0.3) is 0 Å². The number of nitrogens with zero attached hydrogens (tertiary/aromatic N) is 1. The number of hydrogen-bond donors (Lipinski definition) is 1. The van der Waals surface area contributed by atoms with Crippen LogP contribution in [0.3, 0.4) is 0 Å². The molecule has 1 N–H and O–H groups in total. The minimum atomic E-state index is -3.65. The second kappa shape index (κ2) is 5.05. The molecule has 1 atom stereocenters. The van der Waals surface area contributed by atoms with Gasteiger partial charge in [-0.15, -0.1) is 0 Å². The standard InChI is InChI=1S/C10H12BrNO4S/c1-7(10(13)14)12(17(2,15)16)9-5-3-4-8(11)6-9/h3-7H,1-2H3,(H,13,14). The predicted molar refractivity (Wildman–Crippen MR) is 68.6 cm³/mol. The van der Waals surface area contributed by atoms with Crippen LogP contribution in [-0.2, 0) is 14.8 Å². The van der Waals surface area contributed by atoms with Crippen LogP contribution in [0.15, 0.2) is 28.7 Å². The van der Waals surface area contributed by atoms with Gasteiger partial charge in [-0.1, -0.05) is 22.0 Å². The van der Waals surface area contributed by atoms with E-state index in [9.17, 15) is 13.2 Å². The Kier molecular flexibility index (Phi) is 4.16. The Bertz CT molecular complexity index is 529. The van der Waals surface area contributed by atoms with Gasteiger partial charge in [0.25, 0.3) is 0 Å². The number of hydrogen-bond acceptors (Lipinski definition) is 3. The van der Waals surface area contributed by atoms with Crippen LogP contribution in [-0.4, -0.2) is 31.8 Å². The summed E-state index contributed by atoms with van der Waals surface area (Å²) in [6.45, 7) is 1.32. The summed E-state index contributed by atoms with van der Waals surface area (Å²) in [5.74, 6) is -1.20. The fourth-order valence-electron chi connectivity index (χ4n) is 1.42. The van der Waals surface area contributed by atoms with Gasteiger partial charge in [0.05, 0.1) is 11.9 Å². The predicted octanol–water partition coefficient (Wildman–Crippen LogP) is 1.69. The summed E-state index contributed by atoms with van der Waals surface area (Å²) in [7, 11) is -3.65. The highest BCUT2D eigenvalue weighted by molar-refractivity contribution is 9.10. The molecule has 0 aliphatic carbocycles. The number of anilines is 1. The lowest BCUT2D eigenvalue weighted by Crippen LogP contribution is -2.42. The summed E-state index contributed by atoms with van der Waals surface area (Å²) in [6, 6.07) is 5.33. The Morgan fingerprint density at radius 3 is 2.47 bits per heavy atom. The molecule has 0 aromatic heterocycles. The maximum Gasteiger partial charge on any atom is 0.327 e. The third kappa shape index (κ3) is 3.44. The Hall–Kier alpha value is -1.08. The van der Waals surface area contributed by atoms with Crippen molar-refractivity contribution in [2.24, 2.45) is 0 Å². The van der Waals surface area contributed by atoms with Crippen molar-refractivity contribution in [3.8, 4) is 0 Å². The van der Waals surface area contributed by atoms with Gasteiger partial charge in [-0.2, -0.15) is 0 Å². The molecule has 17 heavy (non-hydrogen) atoms. The van der Waals surface area contributed by atoms with Gasteiger partial charge in [-0.25, -0.2) is 13.2 Å². The first-order valence-corrected chi connectivity index (χ1v) is 7.35. The quantitative estimate of drug-likeness (QED) is 0.915. The van der Waals surface area contributed by atoms with Gasteiger partial charge in [0.1, 0.15) is 6.04 Å². The normalized spacial score (nSPS) is 13.1. The third-order valence-electron chi connectivity index (χ3n) is 2.13. The summed E-state index contributed by atoms with van der Waals surface area (Å²) in [5.41, 5.74) is 0.316. The smallest absolute Gasteiger partial charge is 0.327 e. The van der Waals surface area contributed by atoms with Crippen LogP contribution in [0.4, 0.5) is 5.69 Å². The molecule has 0 amide bonds. The number of carboxylic acids is 1. The molecule has 0 aliphatic rings. The van der Waals surface area contributed by atoms with Crippen molar-refractivity contribution in [3.63, 3.8) is 0 Å². The first kappa shape index (κ1) is 14.0. The van der Waals surface area contributed by atoms with Crippen molar-refractivity contribution >= 4 is 37.6 Å². The van der Waals surface area contributed by atoms with Crippen molar-refractivity contribution in [2.45, 2.75) is 13.0 Å². The first-order chi connectivity index (χ1) is 7.73. The largest absolute Gasteiger partial charge is 0.480 e. The summed E-state index contributed by atoms with van der Waals surface area (Å²) in [5, 5.41) is 8.93. The molecule has 7 heteroatoms. The molecule has 0 saturated carbocycles. The maximum atomic E-state index is 11.6. The minimum Gasteiger partial charge on any atom is -0.480 e. The molecule has 0 bridgehead atoms. The van der Waals surface area contributed by atoms with Gasteiger partial charge in [-0.05, 0) is 25.1 Å². The summed E-state index contributed by atoms with van der Waals surface area (Å²) in [6.07, 6.45) is 0.980. The molecule has 0 saturated heterocycles. The van der Waals surface area contributed by atoms with Gasteiger partial charge >= 0.3 is 5.97 Å². The molecule has 1 aromatic rings. The SMILES string of the molecule is CC(C(=O)O)N(c1cccc(Br)c1)S(C)(=O)=O. The average Bonchev–Trinajstić information content (AvgIpc) is 2.15. The number of aliphatic carboxylic acids is 1. The highest BCUT2D eigenvalue weighted by Gasteiger charge is 2.28. The molecule has 0 fully saturated rings. The molecule has 1 unspecified atom stereocenters. The molecule has 0 spiro atoms. The van der Waals surface area contributed by atoms with E-state index < -0.39 is 22.0 Å². The van der Waals surface area contributed by atoms with Gasteiger partial charge in [0.15, 0.2) is 0 Å². The Labute approximate surface area is 108 Å². The second-order valence-corrected chi connectivity index (χ2v) is 6.33. The van der Waals surface area contributed by atoms with Gasteiger partial charge in [-0.3, -0.25) is 4.31 Å². The molecule has 1 aromatic carbocycles. The number of carboxylic acid groups (broad SMARTS) is 1. The lowest BCUT2D eigenvalue weighted by molar-refractivity contribution is -0.137. The van der Waals surface area contributed by atoms with Crippen molar-refractivity contribution < 1.29 is 18.3 Å². The van der Waals surface area contributed by atoms with E-state index in [0.29, 0.717) is 10.2 Å². The molecular weight excluding hydrogens is 310 g/mol. The van der Waals surface area contributed by atoms with Crippen molar-refractivity contribution in [2.75, 3.05) is 10.6 Å². The van der Waals surface area contributed by atoms with E-state index in [2.05, 4.69) is 15.9 Å². The van der Waals surface area contributed by atoms with Gasteiger partial charge in [0.2, 0.25) is 10.0 Å². The van der Waals surface area contributed by atoms with Gasteiger partial charge < -0.3 is 5.11 Å². The molecule has 0 heterocycles. The Morgan fingerprint density at radius 2 is 2.06 bits per heavy atom. The lowest BCUT2D eigenvalue weighted by Gasteiger charge is -2.26. The first-order valence-electron chi connectivity index (χ1n) is 4.71. The number of carbonyl (C=O) groups is 1. The topological polar surface area (TPSA) is 74.7 Å².